The van der Waals surface area contributed by atoms with Gasteiger partial charge in [0, 0.05) is 19.3 Å². The molecule has 0 aliphatic rings. The van der Waals surface area contributed by atoms with Crippen LogP contribution in [0, 0.1) is 5.82 Å². The smallest absolute Gasteiger partial charge is 0.393 e. The van der Waals surface area contributed by atoms with Crippen LogP contribution < -0.4 is 5.32 Å². The van der Waals surface area contributed by atoms with Crippen LogP contribution in [0.4, 0.5) is 28.0 Å². The summed E-state index contributed by atoms with van der Waals surface area (Å²) in [6, 6.07) is 1.59. The maximum Gasteiger partial charge on any atom is 0.419 e. The number of aliphatic hydroxyl groups excluding tert-OH is 1. The number of amides is 2. The summed E-state index contributed by atoms with van der Waals surface area (Å²) in [6.07, 6.45) is -5.09. The van der Waals surface area contributed by atoms with Crippen molar-refractivity contribution in [1.29, 1.82) is 0 Å². The molecule has 0 aliphatic carbocycles. The fourth-order valence-corrected chi connectivity index (χ4v) is 1.52. The average molecular weight is 308 g/mol. The van der Waals surface area contributed by atoms with Gasteiger partial charge in [-0.1, -0.05) is 0 Å². The Morgan fingerprint density at radius 3 is 2.57 bits per heavy atom. The molecule has 8 heteroatoms. The molecule has 0 aliphatic heterocycles. The molecule has 4 nitrogen and oxygen atoms in total. The van der Waals surface area contributed by atoms with Gasteiger partial charge in [0.05, 0.1) is 11.7 Å². The topological polar surface area (TPSA) is 52.6 Å². The van der Waals surface area contributed by atoms with Crippen LogP contribution in [0.2, 0.25) is 0 Å². The van der Waals surface area contributed by atoms with Crippen LogP contribution in [0.5, 0.6) is 0 Å². The lowest BCUT2D eigenvalue weighted by Crippen LogP contribution is -2.33. The Morgan fingerprint density at radius 2 is 2.05 bits per heavy atom. The van der Waals surface area contributed by atoms with E-state index >= 15 is 0 Å². The minimum absolute atomic E-state index is 0.155. The van der Waals surface area contributed by atoms with E-state index in [1.807, 2.05) is 0 Å². The van der Waals surface area contributed by atoms with Crippen molar-refractivity contribution >= 4 is 11.7 Å². The number of aliphatic hydroxyl groups is 1. The standard InChI is InChI=1S/C13H16F4N2O2/c1-8(20)5-6-19(2)12(21)18-9-3-4-11(14)10(7-9)13(15,16)17/h3-4,7-8,20H,5-6H2,1-2H3,(H,18,21). The van der Waals surface area contributed by atoms with E-state index in [0.29, 0.717) is 18.6 Å². The van der Waals surface area contributed by atoms with Crippen molar-refractivity contribution in [3.63, 3.8) is 0 Å². The lowest BCUT2D eigenvalue weighted by atomic mass is 10.2. The van der Waals surface area contributed by atoms with Crippen LogP contribution in [0.15, 0.2) is 18.2 Å². The first kappa shape index (κ1) is 17.2. The lowest BCUT2D eigenvalue weighted by molar-refractivity contribution is -0.139. The number of carbonyl (C=O) groups is 1. The third kappa shape index (κ3) is 5.22. The Morgan fingerprint density at radius 1 is 1.43 bits per heavy atom. The minimum Gasteiger partial charge on any atom is -0.393 e. The van der Waals surface area contributed by atoms with E-state index in [9.17, 15) is 22.4 Å². The molecule has 0 fully saturated rings. The second-order valence-electron chi connectivity index (χ2n) is 4.68. The number of hydrogen-bond donors (Lipinski definition) is 2. The van der Waals surface area contributed by atoms with E-state index in [0.717, 1.165) is 6.07 Å². The van der Waals surface area contributed by atoms with Gasteiger partial charge in [0.15, 0.2) is 0 Å². The summed E-state index contributed by atoms with van der Waals surface area (Å²) in [5.74, 6) is -1.40. The van der Waals surface area contributed by atoms with Crippen LogP contribution in [-0.2, 0) is 6.18 Å². The number of anilines is 1. The van der Waals surface area contributed by atoms with Gasteiger partial charge in [-0.25, -0.2) is 9.18 Å². The molecule has 21 heavy (non-hydrogen) atoms. The molecule has 118 valence electrons. The first-order valence-corrected chi connectivity index (χ1v) is 6.18. The molecule has 1 aromatic carbocycles. The van der Waals surface area contributed by atoms with E-state index in [4.69, 9.17) is 5.11 Å². The zero-order valence-electron chi connectivity index (χ0n) is 11.5. The van der Waals surface area contributed by atoms with Crippen molar-refractivity contribution in [2.75, 3.05) is 18.9 Å². The van der Waals surface area contributed by atoms with Crippen molar-refractivity contribution in [2.45, 2.75) is 25.6 Å². The van der Waals surface area contributed by atoms with Crippen LogP contribution in [-0.4, -0.2) is 35.7 Å². The Hall–Kier alpha value is -1.83. The SMILES string of the molecule is CC(O)CCN(C)C(=O)Nc1ccc(F)c(C(F)(F)F)c1. The van der Waals surface area contributed by atoms with Crippen molar-refractivity contribution in [3.05, 3.63) is 29.6 Å². The molecule has 0 bridgehead atoms. The number of carbonyl (C=O) groups excluding carboxylic acids is 1. The number of benzene rings is 1. The first-order chi connectivity index (χ1) is 9.61. The highest BCUT2D eigenvalue weighted by molar-refractivity contribution is 5.89. The molecule has 2 amide bonds. The van der Waals surface area contributed by atoms with E-state index in [-0.39, 0.29) is 12.2 Å². The van der Waals surface area contributed by atoms with Gasteiger partial charge < -0.3 is 15.3 Å². The summed E-state index contributed by atoms with van der Waals surface area (Å²) in [5.41, 5.74) is -1.59. The van der Waals surface area contributed by atoms with Gasteiger partial charge in [0.25, 0.3) is 0 Å². The second kappa shape index (κ2) is 6.75. The minimum atomic E-state index is -4.83. The monoisotopic (exact) mass is 308 g/mol. The third-order valence-electron chi connectivity index (χ3n) is 2.75. The molecule has 1 atom stereocenters. The van der Waals surface area contributed by atoms with Crippen molar-refractivity contribution in [1.82, 2.24) is 4.90 Å². The van der Waals surface area contributed by atoms with E-state index in [1.54, 1.807) is 6.92 Å². The number of rotatable bonds is 4. The number of alkyl halides is 3. The average Bonchev–Trinajstić information content (AvgIpc) is 2.36. The Kier molecular flexibility index (Phi) is 5.54. The number of urea groups is 1. The normalized spacial score (nSPS) is 12.9. The molecular weight excluding hydrogens is 292 g/mol. The Bertz CT molecular complexity index is 503. The summed E-state index contributed by atoms with van der Waals surface area (Å²) in [4.78, 5) is 12.9. The molecule has 1 aromatic rings. The largest absolute Gasteiger partial charge is 0.419 e. The van der Waals surface area contributed by atoms with Gasteiger partial charge in [-0.15, -0.1) is 0 Å². The maximum atomic E-state index is 13.1. The van der Waals surface area contributed by atoms with Gasteiger partial charge in [-0.3, -0.25) is 0 Å². The number of nitrogens with one attached hydrogen (secondary N) is 1. The number of nitrogens with zero attached hydrogens (tertiary/aromatic N) is 1. The zero-order chi connectivity index (χ0) is 16.2. The molecule has 0 radical (unpaired) electrons. The first-order valence-electron chi connectivity index (χ1n) is 6.18. The molecular formula is C13H16F4N2O2. The maximum absolute atomic E-state index is 13.1. The molecule has 0 spiro atoms. The van der Waals surface area contributed by atoms with Crippen LogP contribution in [0.3, 0.4) is 0 Å². The molecule has 0 saturated carbocycles. The number of hydrogen-bond acceptors (Lipinski definition) is 2. The van der Waals surface area contributed by atoms with Gasteiger partial charge in [0.1, 0.15) is 5.82 Å². The summed E-state index contributed by atoms with van der Waals surface area (Å²) in [6.45, 7) is 1.79. The highest BCUT2D eigenvalue weighted by atomic mass is 19.4. The van der Waals surface area contributed by atoms with Gasteiger partial charge in [-0.2, -0.15) is 13.2 Å². The predicted octanol–water partition coefficient (Wildman–Crippen LogP) is 3.08. The lowest BCUT2D eigenvalue weighted by Gasteiger charge is -2.19. The van der Waals surface area contributed by atoms with Gasteiger partial charge in [-0.05, 0) is 31.5 Å². The van der Waals surface area contributed by atoms with Crippen LogP contribution in [0.1, 0.15) is 18.9 Å². The number of halogens is 4. The van der Waals surface area contributed by atoms with Crippen molar-refractivity contribution in [2.24, 2.45) is 0 Å². The highest BCUT2D eigenvalue weighted by Crippen LogP contribution is 2.33. The fourth-order valence-electron chi connectivity index (χ4n) is 1.52. The Balaban J connectivity index is 2.77. The molecule has 0 saturated heterocycles. The molecule has 0 heterocycles. The van der Waals surface area contributed by atoms with Crippen LogP contribution >= 0.6 is 0 Å². The van der Waals surface area contributed by atoms with Gasteiger partial charge >= 0.3 is 12.2 Å². The van der Waals surface area contributed by atoms with Crippen molar-refractivity contribution in [3.8, 4) is 0 Å². The van der Waals surface area contributed by atoms with E-state index in [1.165, 1.54) is 11.9 Å². The quantitative estimate of drug-likeness (QED) is 0.840. The fraction of sp³-hybridized carbons (Fsp3) is 0.462. The van der Waals surface area contributed by atoms with E-state index in [2.05, 4.69) is 5.32 Å². The summed E-state index contributed by atoms with van der Waals surface area (Å²) in [5, 5.41) is 11.3. The molecule has 1 unspecified atom stereocenters. The summed E-state index contributed by atoms with van der Waals surface area (Å²) in [7, 11) is 1.44. The Labute approximate surface area is 119 Å². The summed E-state index contributed by atoms with van der Waals surface area (Å²) < 4.78 is 50.7. The summed E-state index contributed by atoms with van der Waals surface area (Å²) >= 11 is 0. The van der Waals surface area contributed by atoms with E-state index < -0.39 is 29.7 Å². The molecule has 2 N–H and O–H groups in total. The zero-order valence-corrected chi connectivity index (χ0v) is 11.5. The molecule has 0 aromatic heterocycles. The second-order valence-corrected chi connectivity index (χ2v) is 4.68. The van der Waals surface area contributed by atoms with Crippen molar-refractivity contribution < 1.29 is 27.5 Å². The third-order valence-corrected chi connectivity index (χ3v) is 2.75. The predicted molar refractivity (Wildman–Crippen MR) is 69.3 cm³/mol. The highest BCUT2D eigenvalue weighted by Gasteiger charge is 2.34. The van der Waals surface area contributed by atoms with Gasteiger partial charge in [0.2, 0.25) is 0 Å². The molecule has 1 rings (SSSR count). The van der Waals surface area contributed by atoms with Crippen LogP contribution in [0.25, 0.3) is 0 Å².